The topological polar surface area (TPSA) is 26.3 Å². The molecule has 0 amide bonds. The monoisotopic (exact) mass is 248 g/mol. The van der Waals surface area contributed by atoms with E-state index in [2.05, 4.69) is 26.0 Å². The lowest BCUT2D eigenvalue weighted by Gasteiger charge is -2.12. The predicted molar refractivity (Wildman–Crippen MR) is 74.6 cm³/mol. The highest BCUT2D eigenvalue weighted by atomic mass is 16.5. The molecule has 1 aromatic rings. The minimum absolute atomic E-state index is 0.0612. The molecule has 0 aromatic heterocycles. The van der Waals surface area contributed by atoms with Crippen LogP contribution >= 0.6 is 0 Å². The van der Waals surface area contributed by atoms with Crippen LogP contribution in [-0.4, -0.2) is 12.6 Å². The van der Waals surface area contributed by atoms with E-state index in [4.69, 9.17) is 4.74 Å². The normalized spacial score (nSPS) is 12.1. The third-order valence-electron chi connectivity index (χ3n) is 3.10. The number of esters is 1. The molecule has 0 saturated carbocycles. The number of benzene rings is 1. The molecular formula is C16H24O2. The molecule has 0 fully saturated rings. The van der Waals surface area contributed by atoms with Crippen molar-refractivity contribution in [2.45, 2.75) is 51.9 Å². The predicted octanol–water partition coefficient (Wildman–Crippen LogP) is 4.30. The highest BCUT2D eigenvalue weighted by molar-refractivity contribution is 5.69. The lowest BCUT2D eigenvalue weighted by molar-refractivity contribution is -0.144. The van der Waals surface area contributed by atoms with Gasteiger partial charge in [-0.3, -0.25) is 4.79 Å². The van der Waals surface area contributed by atoms with Gasteiger partial charge in [-0.25, -0.2) is 0 Å². The Hall–Kier alpha value is -1.31. The maximum absolute atomic E-state index is 11.5. The fourth-order valence-corrected chi connectivity index (χ4v) is 1.86. The second-order valence-corrected chi connectivity index (χ2v) is 4.81. The summed E-state index contributed by atoms with van der Waals surface area (Å²) in [4.78, 5) is 11.5. The van der Waals surface area contributed by atoms with Gasteiger partial charge in [0.15, 0.2) is 0 Å². The van der Waals surface area contributed by atoms with Gasteiger partial charge in [-0.05, 0) is 12.0 Å². The van der Waals surface area contributed by atoms with E-state index >= 15 is 0 Å². The van der Waals surface area contributed by atoms with E-state index in [1.54, 1.807) is 0 Å². The summed E-state index contributed by atoms with van der Waals surface area (Å²) < 4.78 is 5.30. The summed E-state index contributed by atoms with van der Waals surface area (Å²) in [6, 6.07) is 10.2. The van der Waals surface area contributed by atoms with Crippen molar-refractivity contribution < 1.29 is 9.53 Å². The van der Waals surface area contributed by atoms with Gasteiger partial charge in [0, 0.05) is 12.3 Å². The van der Waals surface area contributed by atoms with Gasteiger partial charge in [-0.15, -0.1) is 0 Å². The first-order valence-electron chi connectivity index (χ1n) is 6.94. The van der Waals surface area contributed by atoms with Crippen molar-refractivity contribution >= 4 is 5.97 Å². The SMILES string of the molecule is CCCCCCC(=O)OCC(C)c1ccccc1. The minimum atomic E-state index is -0.0612. The first kappa shape index (κ1) is 14.7. The molecule has 100 valence electrons. The molecule has 0 radical (unpaired) electrons. The molecule has 0 bridgehead atoms. The first-order valence-corrected chi connectivity index (χ1v) is 6.94. The number of hydrogen-bond acceptors (Lipinski definition) is 2. The zero-order valence-electron chi connectivity index (χ0n) is 11.5. The molecule has 0 spiro atoms. The molecular weight excluding hydrogens is 224 g/mol. The molecule has 1 unspecified atom stereocenters. The molecule has 1 aromatic carbocycles. The van der Waals surface area contributed by atoms with Gasteiger partial charge in [0.2, 0.25) is 0 Å². The van der Waals surface area contributed by atoms with Gasteiger partial charge in [0.05, 0.1) is 6.61 Å². The third-order valence-corrected chi connectivity index (χ3v) is 3.10. The Morgan fingerprint density at radius 1 is 1.17 bits per heavy atom. The zero-order valence-corrected chi connectivity index (χ0v) is 11.5. The van der Waals surface area contributed by atoms with Crippen LogP contribution in [0.25, 0.3) is 0 Å². The quantitative estimate of drug-likeness (QED) is 0.506. The number of hydrogen-bond donors (Lipinski definition) is 0. The van der Waals surface area contributed by atoms with Gasteiger partial charge in [0.25, 0.3) is 0 Å². The van der Waals surface area contributed by atoms with Crippen LogP contribution < -0.4 is 0 Å². The summed E-state index contributed by atoms with van der Waals surface area (Å²) in [6.45, 7) is 4.73. The molecule has 0 aliphatic rings. The molecule has 0 aliphatic heterocycles. The molecule has 0 saturated heterocycles. The molecule has 2 nitrogen and oxygen atoms in total. The summed E-state index contributed by atoms with van der Waals surface area (Å²) in [6.07, 6.45) is 5.03. The molecule has 0 aliphatic carbocycles. The van der Waals surface area contributed by atoms with Crippen molar-refractivity contribution in [1.82, 2.24) is 0 Å². The molecule has 1 rings (SSSR count). The smallest absolute Gasteiger partial charge is 0.305 e. The van der Waals surface area contributed by atoms with Crippen LogP contribution in [0.1, 0.15) is 57.4 Å². The van der Waals surface area contributed by atoms with Gasteiger partial charge < -0.3 is 4.74 Å². The van der Waals surface area contributed by atoms with Crippen molar-refractivity contribution in [1.29, 1.82) is 0 Å². The highest BCUT2D eigenvalue weighted by Gasteiger charge is 2.08. The van der Waals surface area contributed by atoms with E-state index in [0.717, 1.165) is 12.8 Å². The lowest BCUT2D eigenvalue weighted by Crippen LogP contribution is -2.10. The van der Waals surface area contributed by atoms with E-state index in [1.165, 1.54) is 18.4 Å². The van der Waals surface area contributed by atoms with Crippen LogP contribution in [0.2, 0.25) is 0 Å². The Bertz CT molecular complexity index is 332. The maximum Gasteiger partial charge on any atom is 0.305 e. The molecule has 2 heteroatoms. The van der Waals surface area contributed by atoms with E-state index < -0.39 is 0 Å². The summed E-state index contributed by atoms with van der Waals surface area (Å²) in [5.41, 5.74) is 1.22. The molecule has 18 heavy (non-hydrogen) atoms. The van der Waals surface area contributed by atoms with Crippen LogP contribution in [0.5, 0.6) is 0 Å². The average Bonchev–Trinajstić information content (AvgIpc) is 2.42. The Kier molecular flexibility index (Phi) is 7.16. The van der Waals surface area contributed by atoms with Crippen molar-refractivity contribution in [3.8, 4) is 0 Å². The van der Waals surface area contributed by atoms with E-state index in [0.29, 0.717) is 13.0 Å². The number of carbonyl (C=O) groups is 1. The van der Waals surface area contributed by atoms with Gasteiger partial charge in [-0.2, -0.15) is 0 Å². The Labute approximate surface area is 110 Å². The molecule has 0 N–H and O–H groups in total. The summed E-state index contributed by atoms with van der Waals surface area (Å²) in [7, 11) is 0. The van der Waals surface area contributed by atoms with E-state index in [9.17, 15) is 4.79 Å². The Morgan fingerprint density at radius 3 is 2.56 bits per heavy atom. The number of carbonyl (C=O) groups excluding carboxylic acids is 1. The molecule has 0 heterocycles. The second-order valence-electron chi connectivity index (χ2n) is 4.81. The fourth-order valence-electron chi connectivity index (χ4n) is 1.86. The molecule has 1 atom stereocenters. The second kappa shape index (κ2) is 8.73. The van der Waals surface area contributed by atoms with Crippen LogP contribution in [0.3, 0.4) is 0 Å². The standard InChI is InChI=1S/C16H24O2/c1-3-4-5-9-12-16(17)18-13-14(2)15-10-7-6-8-11-15/h6-8,10-11,14H,3-5,9,12-13H2,1-2H3. The Morgan fingerprint density at radius 2 is 1.89 bits per heavy atom. The van der Waals surface area contributed by atoms with Crippen LogP contribution in [0.4, 0.5) is 0 Å². The van der Waals surface area contributed by atoms with Crippen LogP contribution in [0, 0.1) is 0 Å². The average molecular weight is 248 g/mol. The summed E-state index contributed by atoms with van der Waals surface area (Å²) in [5.74, 6) is 0.208. The van der Waals surface area contributed by atoms with Gasteiger partial charge >= 0.3 is 5.97 Å². The van der Waals surface area contributed by atoms with Crippen LogP contribution in [0.15, 0.2) is 30.3 Å². The van der Waals surface area contributed by atoms with Crippen molar-refractivity contribution in [3.05, 3.63) is 35.9 Å². The number of rotatable bonds is 8. The zero-order chi connectivity index (χ0) is 13.2. The number of ether oxygens (including phenoxy) is 1. The number of unbranched alkanes of at least 4 members (excludes halogenated alkanes) is 3. The van der Waals surface area contributed by atoms with Gasteiger partial charge in [-0.1, -0.05) is 63.4 Å². The largest absolute Gasteiger partial charge is 0.465 e. The van der Waals surface area contributed by atoms with Crippen molar-refractivity contribution in [3.63, 3.8) is 0 Å². The van der Waals surface area contributed by atoms with Crippen LogP contribution in [-0.2, 0) is 9.53 Å². The third kappa shape index (κ3) is 5.85. The van der Waals surface area contributed by atoms with Crippen molar-refractivity contribution in [2.24, 2.45) is 0 Å². The summed E-state index contributed by atoms with van der Waals surface area (Å²) >= 11 is 0. The minimum Gasteiger partial charge on any atom is -0.465 e. The fraction of sp³-hybridized carbons (Fsp3) is 0.562. The first-order chi connectivity index (χ1) is 8.74. The highest BCUT2D eigenvalue weighted by Crippen LogP contribution is 2.15. The summed E-state index contributed by atoms with van der Waals surface area (Å²) in [5, 5.41) is 0. The Balaban J connectivity index is 2.18. The van der Waals surface area contributed by atoms with Crippen molar-refractivity contribution in [2.75, 3.05) is 6.61 Å². The van der Waals surface area contributed by atoms with E-state index in [-0.39, 0.29) is 11.9 Å². The van der Waals surface area contributed by atoms with E-state index in [1.807, 2.05) is 18.2 Å². The lowest BCUT2D eigenvalue weighted by atomic mass is 10.0. The maximum atomic E-state index is 11.5. The van der Waals surface area contributed by atoms with Gasteiger partial charge in [0.1, 0.15) is 0 Å².